The van der Waals surface area contributed by atoms with Gasteiger partial charge in [0.2, 0.25) is 5.91 Å². The number of carbonyl (C=O) groups is 2. The molecule has 2 saturated heterocycles. The molecule has 1 aliphatic carbocycles. The number of nitrogens with zero attached hydrogens (tertiary/aromatic N) is 5. The van der Waals surface area contributed by atoms with E-state index in [0.29, 0.717) is 36.5 Å². The van der Waals surface area contributed by atoms with Gasteiger partial charge in [-0.15, -0.1) is 0 Å². The number of anilines is 1. The first-order chi connectivity index (χ1) is 19.4. The van der Waals surface area contributed by atoms with E-state index in [1.165, 1.54) is 13.2 Å². The lowest BCUT2D eigenvalue weighted by molar-refractivity contribution is -0.330. The van der Waals surface area contributed by atoms with Crippen LogP contribution in [0.25, 0.3) is 0 Å². The second kappa shape index (κ2) is 11.0. The van der Waals surface area contributed by atoms with Crippen LogP contribution >= 0.6 is 11.6 Å². The molecule has 41 heavy (non-hydrogen) atoms. The minimum Gasteiger partial charge on any atom is -0.439 e. The molecule has 1 aromatic carbocycles. The Hall–Kier alpha value is -3.59. The Morgan fingerprint density at radius 1 is 1.10 bits per heavy atom. The molecule has 5 rings (SSSR count). The van der Waals surface area contributed by atoms with E-state index in [1.807, 2.05) is 6.07 Å². The summed E-state index contributed by atoms with van der Waals surface area (Å²) in [7, 11) is 1.36. The number of likely N-dealkylation sites (tertiary alicyclic amines) is 1. The third-order valence-corrected chi connectivity index (χ3v) is 8.56. The average Bonchev–Trinajstić information content (AvgIpc) is 3.42. The van der Waals surface area contributed by atoms with Crippen LogP contribution in [0.5, 0.6) is 0 Å². The summed E-state index contributed by atoms with van der Waals surface area (Å²) in [5.41, 5.74) is 1.25. The van der Waals surface area contributed by atoms with Gasteiger partial charge in [-0.1, -0.05) is 23.7 Å². The fourth-order valence-corrected chi connectivity index (χ4v) is 5.83. The number of halogens is 5. The predicted octanol–water partition coefficient (Wildman–Crippen LogP) is 4.93. The summed E-state index contributed by atoms with van der Waals surface area (Å²) in [6.45, 7) is 1.60. The smallest absolute Gasteiger partial charge is 0.410 e. The highest BCUT2D eigenvalue weighted by atomic mass is 35.5. The maximum atomic E-state index is 13.8. The number of benzene rings is 1. The molecule has 8 nitrogen and oxygen atoms in total. The van der Waals surface area contributed by atoms with Gasteiger partial charge in [0.05, 0.1) is 18.0 Å². The second-order valence-electron chi connectivity index (χ2n) is 10.8. The molecule has 1 unspecified atom stereocenters. The molecular weight excluding hydrogens is 566 g/mol. The fourth-order valence-electron chi connectivity index (χ4n) is 5.71. The van der Waals surface area contributed by atoms with E-state index in [4.69, 9.17) is 21.6 Å². The summed E-state index contributed by atoms with van der Waals surface area (Å²) in [5, 5.41) is 9.48. The van der Waals surface area contributed by atoms with Crippen LogP contribution in [0, 0.1) is 17.2 Å². The zero-order chi connectivity index (χ0) is 29.5. The molecule has 3 fully saturated rings. The van der Waals surface area contributed by atoms with Crippen LogP contribution < -0.4 is 4.90 Å². The number of hydrogen-bond donors (Lipinski definition) is 0. The standard InChI is InChI=1S/C28H28ClF4N5O3/c1-36(26(40)41-23-12-27(30,31)28(23,32)33)22-16-38(15-21(22)18-3-5-20(29)6-4-18)25(39)19-8-10-37(11-9-19)24-7-2-17(13-34)14-35-24/h2-7,14,19,21-23H,8-12,15-16H2,1H3/t21-,22+,23?/m0/s1. The van der Waals surface area contributed by atoms with Crippen molar-refractivity contribution in [1.82, 2.24) is 14.8 Å². The molecule has 1 aromatic heterocycles. The third-order valence-electron chi connectivity index (χ3n) is 8.31. The van der Waals surface area contributed by atoms with Crippen molar-refractivity contribution in [2.75, 3.05) is 38.1 Å². The lowest BCUT2D eigenvalue weighted by Crippen LogP contribution is -2.64. The summed E-state index contributed by atoms with van der Waals surface area (Å²) >= 11 is 6.05. The molecule has 13 heteroatoms. The first kappa shape index (κ1) is 28.9. The molecule has 0 radical (unpaired) electrons. The lowest BCUT2D eigenvalue weighted by Gasteiger charge is -2.43. The monoisotopic (exact) mass is 593 g/mol. The number of pyridine rings is 1. The predicted molar refractivity (Wildman–Crippen MR) is 141 cm³/mol. The highest BCUT2D eigenvalue weighted by Crippen LogP contribution is 2.52. The topological polar surface area (TPSA) is 89.8 Å². The number of likely N-dealkylation sites (N-methyl/N-ethyl adjacent to an activating group) is 1. The van der Waals surface area contributed by atoms with Crippen LogP contribution in [-0.2, 0) is 9.53 Å². The third kappa shape index (κ3) is 5.52. The molecular formula is C28H28ClF4N5O3. The SMILES string of the molecule is CN(C(=O)OC1CC(F)(F)C1(F)F)[C@@H]1CN(C(=O)C2CCN(c3ccc(C#N)cn3)CC2)C[C@H]1c1ccc(Cl)cc1. The van der Waals surface area contributed by atoms with Crippen molar-refractivity contribution in [2.24, 2.45) is 5.92 Å². The van der Waals surface area contributed by atoms with Crippen molar-refractivity contribution >= 4 is 29.4 Å². The van der Waals surface area contributed by atoms with E-state index in [-0.39, 0.29) is 30.8 Å². The maximum absolute atomic E-state index is 13.8. The Bertz CT molecular complexity index is 1330. The van der Waals surface area contributed by atoms with E-state index in [2.05, 4.69) is 9.88 Å². The van der Waals surface area contributed by atoms with Crippen molar-refractivity contribution in [3.8, 4) is 6.07 Å². The highest BCUT2D eigenvalue weighted by Gasteiger charge is 2.74. The number of piperidine rings is 1. The van der Waals surface area contributed by atoms with Crippen LogP contribution in [0.4, 0.5) is 28.2 Å². The van der Waals surface area contributed by atoms with Gasteiger partial charge in [-0.3, -0.25) is 4.79 Å². The Morgan fingerprint density at radius 3 is 2.34 bits per heavy atom. The number of amides is 2. The zero-order valence-electron chi connectivity index (χ0n) is 22.2. The first-order valence-electron chi connectivity index (χ1n) is 13.3. The fraction of sp³-hybridized carbons (Fsp3) is 0.500. The molecule has 2 aromatic rings. The number of nitriles is 1. The molecule has 0 bridgehead atoms. The summed E-state index contributed by atoms with van der Waals surface area (Å²) in [6.07, 6.45) is -1.94. The van der Waals surface area contributed by atoms with Crippen molar-refractivity contribution in [2.45, 2.75) is 49.2 Å². The number of rotatable bonds is 5. The van der Waals surface area contributed by atoms with Gasteiger partial charge in [0.15, 0.2) is 6.10 Å². The van der Waals surface area contributed by atoms with Gasteiger partial charge in [-0.05, 0) is 42.7 Å². The largest absolute Gasteiger partial charge is 0.439 e. The second-order valence-corrected chi connectivity index (χ2v) is 11.2. The first-order valence-corrected chi connectivity index (χ1v) is 13.6. The highest BCUT2D eigenvalue weighted by molar-refractivity contribution is 6.30. The summed E-state index contributed by atoms with van der Waals surface area (Å²) in [6, 6.07) is 11.8. The number of carbonyl (C=O) groups excluding carboxylic acids is 2. The van der Waals surface area contributed by atoms with Crippen molar-refractivity contribution < 1.29 is 31.9 Å². The van der Waals surface area contributed by atoms with Gasteiger partial charge in [-0.25, -0.2) is 9.78 Å². The Labute approximate surface area is 239 Å². The number of alkyl halides is 4. The number of aromatic nitrogens is 1. The normalized spacial score (nSPS) is 25.2. The zero-order valence-corrected chi connectivity index (χ0v) is 22.9. The van der Waals surface area contributed by atoms with E-state index in [1.54, 1.807) is 41.3 Å². The summed E-state index contributed by atoms with van der Waals surface area (Å²) in [4.78, 5) is 35.6. The number of hydrogen-bond acceptors (Lipinski definition) is 6. The van der Waals surface area contributed by atoms with Crippen LogP contribution in [0.1, 0.15) is 36.3 Å². The molecule has 2 amide bonds. The Morgan fingerprint density at radius 2 is 1.78 bits per heavy atom. The van der Waals surface area contributed by atoms with Gasteiger partial charge in [0.1, 0.15) is 11.9 Å². The van der Waals surface area contributed by atoms with Gasteiger partial charge < -0.3 is 19.4 Å². The van der Waals surface area contributed by atoms with Crippen LogP contribution in [-0.4, -0.2) is 84.0 Å². The van der Waals surface area contributed by atoms with Gasteiger partial charge in [0.25, 0.3) is 0 Å². The van der Waals surface area contributed by atoms with Gasteiger partial charge >= 0.3 is 17.9 Å². The van der Waals surface area contributed by atoms with Crippen molar-refractivity contribution in [3.05, 3.63) is 58.7 Å². The Kier molecular flexibility index (Phi) is 7.76. The van der Waals surface area contributed by atoms with E-state index in [9.17, 15) is 27.2 Å². The minimum atomic E-state index is -4.43. The van der Waals surface area contributed by atoms with Crippen molar-refractivity contribution in [1.29, 1.82) is 5.26 Å². The van der Waals surface area contributed by atoms with Crippen LogP contribution in [0.3, 0.4) is 0 Å². The van der Waals surface area contributed by atoms with E-state index < -0.39 is 36.5 Å². The summed E-state index contributed by atoms with van der Waals surface area (Å²) in [5.74, 6) is -8.63. The Balaban J connectivity index is 1.26. The van der Waals surface area contributed by atoms with Crippen molar-refractivity contribution in [3.63, 3.8) is 0 Å². The van der Waals surface area contributed by atoms with Crippen LogP contribution in [0.15, 0.2) is 42.6 Å². The minimum absolute atomic E-state index is 0.0779. The molecule has 0 spiro atoms. The van der Waals surface area contributed by atoms with Gasteiger partial charge in [-0.2, -0.15) is 22.8 Å². The van der Waals surface area contributed by atoms with Gasteiger partial charge in [0, 0.05) is 56.3 Å². The maximum Gasteiger partial charge on any atom is 0.410 e. The molecule has 2 aliphatic heterocycles. The van der Waals surface area contributed by atoms with Crippen LogP contribution in [0.2, 0.25) is 5.02 Å². The lowest BCUT2D eigenvalue weighted by atomic mass is 9.85. The molecule has 3 atom stereocenters. The molecule has 3 aliphatic rings. The molecule has 3 heterocycles. The van der Waals surface area contributed by atoms with E-state index >= 15 is 0 Å². The number of ether oxygens (including phenoxy) is 1. The molecule has 0 N–H and O–H groups in total. The quantitative estimate of drug-likeness (QED) is 0.457. The summed E-state index contributed by atoms with van der Waals surface area (Å²) < 4.78 is 58.9. The molecule has 1 saturated carbocycles. The molecule has 218 valence electrons. The average molecular weight is 594 g/mol. The van der Waals surface area contributed by atoms with E-state index in [0.717, 1.165) is 16.3 Å².